The number of aromatic nitrogens is 1. The summed E-state index contributed by atoms with van der Waals surface area (Å²) >= 11 is 13.6. The molecule has 30 heavy (non-hydrogen) atoms. The van der Waals surface area contributed by atoms with Crippen molar-refractivity contribution in [1.82, 2.24) is 10.3 Å². The van der Waals surface area contributed by atoms with E-state index in [1.54, 1.807) is 12.1 Å². The van der Waals surface area contributed by atoms with Gasteiger partial charge in [-0.3, -0.25) is 10.1 Å². The zero-order valence-corrected chi connectivity index (χ0v) is 19.4. The molecule has 0 unspecified atom stereocenters. The van der Waals surface area contributed by atoms with Crippen molar-refractivity contribution < 1.29 is 9.21 Å². The van der Waals surface area contributed by atoms with Gasteiger partial charge in [0.05, 0.1) is 10.6 Å². The van der Waals surface area contributed by atoms with E-state index in [0.717, 1.165) is 31.5 Å². The molecule has 0 fully saturated rings. The first-order valence-electron chi connectivity index (χ1n) is 8.95. The fourth-order valence-electron chi connectivity index (χ4n) is 2.99. The molecule has 4 aromatic rings. The average Bonchev–Trinajstić information content (AvgIpc) is 3.15. The SMILES string of the molecule is Cc1c(NC(=S)NC(=O)c2cc(I)ccc2Cl)cccc1-c1nc2ccccc2o1. The molecule has 2 N–H and O–H groups in total. The van der Waals surface area contributed by atoms with Crippen LogP contribution in [0.15, 0.2) is 65.1 Å². The number of hydrogen-bond donors (Lipinski definition) is 2. The van der Waals surface area contributed by atoms with Crippen LogP contribution in [0.3, 0.4) is 0 Å². The molecular formula is C22H15ClIN3O2S. The fourth-order valence-corrected chi connectivity index (χ4v) is 3.88. The van der Waals surface area contributed by atoms with Crippen LogP contribution in [0.2, 0.25) is 5.02 Å². The van der Waals surface area contributed by atoms with Crippen LogP contribution in [0, 0.1) is 10.5 Å². The van der Waals surface area contributed by atoms with Crippen molar-refractivity contribution in [1.29, 1.82) is 0 Å². The molecule has 0 radical (unpaired) electrons. The smallest absolute Gasteiger partial charge is 0.258 e. The fraction of sp³-hybridized carbons (Fsp3) is 0.0455. The van der Waals surface area contributed by atoms with Gasteiger partial charge in [0, 0.05) is 14.8 Å². The Morgan fingerprint density at radius 1 is 1.13 bits per heavy atom. The van der Waals surface area contributed by atoms with E-state index < -0.39 is 0 Å². The van der Waals surface area contributed by atoms with E-state index in [-0.39, 0.29) is 11.0 Å². The predicted octanol–water partition coefficient (Wildman–Crippen LogP) is 6.19. The van der Waals surface area contributed by atoms with E-state index in [1.165, 1.54) is 0 Å². The minimum absolute atomic E-state index is 0.174. The topological polar surface area (TPSA) is 67.2 Å². The largest absolute Gasteiger partial charge is 0.436 e. The Kier molecular flexibility index (Phi) is 6.03. The first-order chi connectivity index (χ1) is 14.4. The summed E-state index contributed by atoms with van der Waals surface area (Å²) in [5.74, 6) is 0.154. The van der Waals surface area contributed by atoms with Crippen molar-refractivity contribution in [3.8, 4) is 11.5 Å². The lowest BCUT2D eigenvalue weighted by Gasteiger charge is -2.14. The molecule has 1 aromatic heterocycles. The maximum absolute atomic E-state index is 12.5. The van der Waals surface area contributed by atoms with Crippen LogP contribution in [-0.4, -0.2) is 16.0 Å². The van der Waals surface area contributed by atoms with Crippen molar-refractivity contribution in [2.75, 3.05) is 5.32 Å². The van der Waals surface area contributed by atoms with Gasteiger partial charge in [-0.25, -0.2) is 4.98 Å². The number of thiocarbonyl (C=S) groups is 1. The maximum atomic E-state index is 12.5. The summed E-state index contributed by atoms with van der Waals surface area (Å²) < 4.78 is 6.79. The van der Waals surface area contributed by atoms with Crippen LogP contribution in [0.1, 0.15) is 15.9 Å². The maximum Gasteiger partial charge on any atom is 0.258 e. The Hall–Kier alpha value is -2.49. The number of halogens is 2. The van der Waals surface area contributed by atoms with E-state index in [1.807, 2.05) is 55.5 Å². The van der Waals surface area contributed by atoms with Crippen LogP contribution in [-0.2, 0) is 0 Å². The molecular weight excluding hydrogens is 533 g/mol. The van der Waals surface area contributed by atoms with Gasteiger partial charge in [-0.2, -0.15) is 0 Å². The summed E-state index contributed by atoms with van der Waals surface area (Å²) in [5.41, 5.74) is 4.36. The van der Waals surface area contributed by atoms with Gasteiger partial charge < -0.3 is 9.73 Å². The third kappa shape index (κ3) is 4.33. The van der Waals surface area contributed by atoms with E-state index in [0.29, 0.717) is 16.5 Å². The van der Waals surface area contributed by atoms with Crippen LogP contribution in [0.25, 0.3) is 22.6 Å². The van der Waals surface area contributed by atoms with Gasteiger partial charge in [0.15, 0.2) is 10.7 Å². The summed E-state index contributed by atoms with van der Waals surface area (Å²) in [6.07, 6.45) is 0. The van der Waals surface area contributed by atoms with Gasteiger partial charge >= 0.3 is 0 Å². The summed E-state index contributed by atoms with van der Waals surface area (Å²) in [7, 11) is 0. The zero-order chi connectivity index (χ0) is 21.3. The van der Waals surface area contributed by atoms with Gasteiger partial charge in [0.25, 0.3) is 5.91 Å². The highest BCUT2D eigenvalue weighted by atomic mass is 127. The van der Waals surface area contributed by atoms with Crippen molar-refractivity contribution in [3.63, 3.8) is 0 Å². The Bertz CT molecular complexity index is 1260. The second kappa shape index (κ2) is 8.71. The molecule has 0 saturated heterocycles. The standard InChI is InChI=1S/C22H15ClIN3O2S/c1-12-14(21-25-18-6-2-3-8-19(18)29-21)5-4-7-17(12)26-22(30)27-20(28)15-11-13(24)9-10-16(15)23/h2-11H,1H3,(H2,26,27,28,30). The van der Waals surface area contributed by atoms with Crippen molar-refractivity contribution in [3.05, 3.63) is 80.4 Å². The minimum Gasteiger partial charge on any atom is -0.436 e. The highest BCUT2D eigenvalue weighted by Crippen LogP contribution is 2.30. The van der Waals surface area contributed by atoms with Crippen molar-refractivity contribution >= 4 is 74.2 Å². The molecule has 1 amide bonds. The van der Waals surface area contributed by atoms with Gasteiger partial charge in [-0.05, 0) is 89.8 Å². The van der Waals surface area contributed by atoms with Crippen LogP contribution in [0.4, 0.5) is 5.69 Å². The summed E-state index contributed by atoms with van der Waals surface area (Å²) in [6, 6.07) is 18.5. The number of fused-ring (bicyclic) bond motifs is 1. The zero-order valence-electron chi connectivity index (χ0n) is 15.7. The molecule has 5 nitrogen and oxygen atoms in total. The molecule has 0 spiro atoms. The van der Waals surface area contributed by atoms with Gasteiger partial charge in [0.2, 0.25) is 5.89 Å². The molecule has 0 saturated carbocycles. The summed E-state index contributed by atoms with van der Waals surface area (Å²) in [6.45, 7) is 1.94. The normalized spacial score (nSPS) is 10.8. The number of hydrogen-bond acceptors (Lipinski definition) is 4. The lowest BCUT2D eigenvalue weighted by Crippen LogP contribution is -2.34. The number of nitrogens with one attached hydrogen (secondary N) is 2. The lowest BCUT2D eigenvalue weighted by atomic mass is 10.1. The van der Waals surface area contributed by atoms with E-state index in [9.17, 15) is 4.79 Å². The molecule has 8 heteroatoms. The average molecular weight is 548 g/mol. The number of carbonyl (C=O) groups is 1. The highest BCUT2D eigenvalue weighted by Gasteiger charge is 2.15. The molecule has 0 aliphatic carbocycles. The van der Waals surface area contributed by atoms with Crippen LogP contribution >= 0.6 is 46.4 Å². The Labute approximate surface area is 197 Å². The molecule has 0 bridgehead atoms. The molecule has 3 aromatic carbocycles. The number of benzene rings is 3. The van der Waals surface area contributed by atoms with E-state index >= 15 is 0 Å². The second-order valence-electron chi connectivity index (χ2n) is 6.50. The number of nitrogens with zero attached hydrogens (tertiary/aromatic N) is 1. The van der Waals surface area contributed by atoms with Crippen molar-refractivity contribution in [2.45, 2.75) is 6.92 Å². The lowest BCUT2D eigenvalue weighted by molar-refractivity contribution is 0.0978. The number of oxazole rings is 1. The highest BCUT2D eigenvalue weighted by molar-refractivity contribution is 14.1. The molecule has 0 aliphatic heterocycles. The van der Waals surface area contributed by atoms with E-state index in [4.69, 9.17) is 28.2 Å². The Morgan fingerprint density at radius 3 is 2.73 bits per heavy atom. The predicted molar refractivity (Wildman–Crippen MR) is 132 cm³/mol. The van der Waals surface area contributed by atoms with Crippen LogP contribution in [0.5, 0.6) is 0 Å². The van der Waals surface area contributed by atoms with Crippen LogP contribution < -0.4 is 10.6 Å². The Balaban J connectivity index is 1.55. The number of para-hydroxylation sites is 2. The number of rotatable bonds is 3. The van der Waals surface area contributed by atoms with Gasteiger partial charge in [-0.15, -0.1) is 0 Å². The Morgan fingerprint density at radius 2 is 1.93 bits per heavy atom. The van der Waals surface area contributed by atoms with Gasteiger partial charge in [0.1, 0.15) is 5.52 Å². The number of carbonyl (C=O) groups excluding carboxylic acids is 1. The summed E-state index contributed by atoms with van der Waals surface area (Å²) in [4.78, 5) is 17.1. The second-order valence-corrected chi connectivity index (χ2v) is 8.56. The first kappa shape index (κ1) is 20.8. The molecule has 0 aliphatic rings. The third-order valence-corrected chi connectivity index (χ3v) is 5.71. The quantitative estimate of drug-likeness (QED) is 0.237. The summed E-state index contributed by atoms with van der Waals surface area (Å²) in [5, 5.41) is 6.29. The number of amides is 1. The van der Waals surface area contributed by atoms with Gasteiger partial charge in [-0.1, -0.05) is 29.8 Å². The molecule has 1 heterocycles. The van der Waals surface area contributed by atoms with E-state index in [2.05, 4.69) is 38.2 Å². The molecule has 150 valence electrons. The third-order valence-electron chi connectivity index (χ3n) is 4.51. The molecule has 0 atom stereocenters. The number of anilines is 1. The molecule has 4 rings (SSSR count). The minimum atomic E-state index is -0.372. The monoisotopic (exact) mass is 547 g/mol. The van der Waals surface area contributed by atoms with Crippen molar-refractivity contribution in [2.24, 2.45) is 0 Å². The first-order valence-corrected chi connectivity index (χ1v) is 10.8.